The number of pyridine rings is 1. The Kier molecular flexibility index (Phi) is 6.24. The van der Waals surface area contributed by atoms with E-state index in [9.17, 15) is 13.2 Å². The fraction of sp³-hybridized carbons (Fsp3) is 0.235. The van der Waals surface area contributed by atoms with E-state index < -0.39 is 15.9 Å². The molecule has 0 bridgehead atoms. The lowest BCUT2D eigenvalue weighted by molar-refractivity contribution is -0.119. The quantitative estimate of drug-likeness (QED) is 0.599. The number of anilines is 1. The molecule has 25 heavy (non-hydrogen) atoms. The van der Waals surface area contributed by atoms with Crippen LogP contribution in [0.3, 0.4) is 0 Å². The number of nitrogens with one attached hydrogen (secondary N) is 1. The first-order valence-corrected chi connectivity index (χ1v) is 9.55. The third-order valence-electron chi connectivity index (χ3n) is 3.40. The van der Waals surface area contributed by atoms with Gasteiger partial charge in [0, 0.05) is 6.20 Å². The molecule has 0 aliphatic rings. The van der Waals surface area contributed by atoms with Crippen LogP contribution in [0.2, 0.25) is 0 Å². The number of aromatic nitrogens is 1. The van der Waals surface area contributed by atoms with Crippen molar-refractivity contribution in [3.05, 3.63) is 59.9 Å². The van der Waals surface area contributed by atoms with E-state index in [1.165, 1.54) is 6.21 Å². The zero-order valence-corrected chi connectivity index (χ0v) is 14.9. The molecule has 2 aromatic rings. The lowest BCUT2D eigenvalue weighted by Crippen LogP contribution is -2.39. The number of carbonyl (C=O) groups is 1. The summed E-state index contributed by atoms with van der Waals surface area (Å²) in [6.45, 7) is 1.58. The van der Waals surface area contributed by atoms with E-state index in [0.717, 1.165) is 16.1 Å². The zero-order valence-electron chi connectivity index (χ0n) is 14.1. The SMILES string of the molecule is CCc1ccccc1N(CC(=O)N/N=C\c1ccccn1)S(C)(=O)=O. The number of hydrogen-bond acceptors (Lipinski definition) is 5. The molecule has 1 N–H and O–H groups in total. The minimum atomic E-state index is -3.61. The second-order valence-corrected chi connectivity index (χ2v) is 7.21. The molecule has 0 atom stereocenters. The van der Waals surface area contributed by atoms with Crippen LogP contribution in [-0.2, 0) is 21.2 Å². The van der Waals surface area contributed by atoms with E-state index in [-0.39, 0.29) is 6.54 Å². The normalized spacial score (nSPS) is 11.4. The van der Waals surface area contributed by atoms with Gasteiger partial charge in [-0.1, -0.05) is 31.2 Å². The van der Waals surface area contributed by atoms with Crippen LogP contribution in [-0.4, -0.2) is 38.3 Å². The maximum atomic E-state index is 12.1. The molecule has 1 aromatic heterocycles. The molecule has 0 aliphatic heterocycles. The summed E-state index contributed by atoms with van der Waals surface area (Å²) < 4.78 is 25.3. The van der Waals surface area contributed by atoms with Crippen molar-refractivity contribution in [1.29, 1.82) is 0 Å². The van der Waals surface area contributed by atoms with E-state index in [1.807, 2.05) is 19.1 Å². The van der Waals surface area contributed by atoms with Crippen molar-refractivity contribution in [3.63, 3.8) is 0 Å². The smallest absolute Gasteiger partial charge is 0.260 e. The second-order valence-electron chi connectivity index (χ2n) is 5.30. The van der Waals surface area contributed by atoms with Crippen LogP contribution in [0.25, 0.3) is 0 Å². The van der Waals surface area contributed by atoms with Gasteiger partial charge >= 0.3 is 0 Å². The first kappa shape index (κ1) is 18.6. The molecule has 1 amide bonds. The Labute approximate surface area is 147 Å². The van der Waals surface area contributed by atoms with Crippen LogP contribution < -0.4 is 9.73 Å². The second kappa shape index (κ2) is 8.39. The van der Waals surface area contributed by atoms with Crippen molar-refractivity contribution in [3.8, 4) is 0 Å². The molecule has 0 unspecified atom stereocenters. The molecule has 2 rings (SSSR count). The molecule has 7 nitrogen and oxygen atoms in total. The van der Waals surface area contributed by atoms with Crippen LogP contribution in [0.5, 0.6) is 0 Å². The summed E-state index contributed by atoms with van der Waals surface area (Å²) in [5.41, 5.74) is 4.25. The molecule has 0 saturated heterocycles. The monoisotopic (exact) mass is 360 g/mol. The highest BCUT2D eigenvalue weighted by molar-refractivity contribution is 7.92. The number of benzene rings is 1. The van der Waals surface area contributed by atoms with E-state index >= 15 is 0 Å². The number of nitrogens with zero attached hydrogens (tertiary/aromatic N) is 3. The van der Waals surface area contributed by atoms with Crippen molar-refractivity contribution < 1.29 is 13.2 Å². The Bertz CT molecular complexity index is 851. The number of amides is 1. The van der Waals surface area contributed by atoms with Crippen molar-refractivity contribution in [2.45, 2.75) is 13.3 Å². The number of sulfonamides is 1. The van der Waals surface area contributed by atoms with Crippen molar-refractivity contribution in [1.82, 2.24) is 10.4 Å². The molecule has 0 radical (unpaired) electrons. The van der Waals surface area contributed by atoms with E-state index in [0.29, 0.717) is 17.8 Å². The summed E-state index contributed by atoms with van der Waals surface area (Å²) in [5.74, 6) is -0.538. The Morgan fingerprint density at radius 2 is 1.96 bits per heavy atom. The summed E-state index contributed by atoms with van der Waals surface area (Å²) in [5, 5.41) is 3.80. The number of para-hydroxylation sites is 1. The molecule has 0 fully saturated rings. The molecular weight excluding hydrogens is 340 g/mol. The molecule has 1 aromatic carbocycles. The number of carbonyl (C=O) groups excluding carboxylic acids is 1. The van der Waals surface area contributed by atoms with Gasteiger partial charge in [-0.2, -0.15) is 5.10 Å². The molecule has 0 spiro atoms. The van der Waals surface area contributed by atoms with Crippen LogP contribution >= 0.6 is 0 Å². The van der Waals surface area contributed by atoms with Gasteiger partial charge in [-0.05, 0) is 30.2 Å². The lowest BCUT2D eigenvalue weighted by atomic mass is 10.1. The van der Waals surface area contributed by atoms with Gasteiger partial charge in [0.25, 0.3) is 5.91 Å². The van der Waals surface area contributed by atoms with Gasteiger partial charge < -0.3 is 0 Å². The topological polar surface area (TPSA) is 91.7 Å². The maximum Gasteiger partial charge on any atom is 0.260 e. The van der Waals surface area contributed by atoms with Crippen molar-refractivity contribution in [2.75, 3.05) is 17.1 Å². The van der Waals surface area contributed by atoms with Crippen LogP contribution in [0.4, 0.5) is 5.69 Å². The van der Waals surface area contributed by atoms with Gasteiger partial charge in [0.2, 0.25) is 10.0 Å². The van der Waals surface area contributed by atoms with Crippen LogP contribution in [0.15, 0.2) is 53.8 Å². The maximum absolute atomic E-state index is 12.1. The Morgan fingerprint density at radius 1 is 1.24 bits per heavy atom. The van der Waals surface area contributed by atoms with Crippen molar-refractivity contribution >= 4 is 27.8 Å². The summed E-state index contributed by atoms with van der Waals surface area (Å²) >= 11 is 0. The third-order valence-corrected chi connectivity index (χ3v) is 4.53. The summed E-state index contributed by atoms with van der Waals surface area (Å²) in [6, 6.07) is 12.4. The average Bonchev–Trinajstić information content (AvgIpc) is 2.59. The molecule has 0 saturated carbocycles. The van der Waals surface area contributed by atoms with Crippen LogP contribution in [0.1, 0.15) is 18.2 Å². The summed E-state index contributed by atoms with van der Waals surface area (Å²) in [7, 11) is -3.61. The fourth-order valence-corrected chi connectivity index (χ4v) is 3.11. The molecule has 0 aliphatic carbocycles. The predicted molar refractivity (Wildman–Crippen MR) is 98.0 cm³/mol. The Hall–Kier alpha value is -2.74. The van der Waals surface area contributed by atoms with E-state index in [2.05, 4.69) is 15.5 Å². The molecular formula is C17H20N4O3S. The Balaban J connectivity index is 2.12. The number of hydrogen-bond donors (Lipinski definition) is 1. The minimum absolute atomic E-state index is 0.352. The number of rotatable bonds is 7. The van der Waals surface area contributed by atoms with Gasteiger partial charge in [-0.3, -0.25) is 14.1 Å². The minimum Gasteiger partial charge on any atom is -0.271 e. The fourth-order valence-electron chi connectivity index (χ4n) is 2.22. The molecule has 8 heteroatoms. The average molecular weight is 360 g/mol. The third kappa shape index (κ3) is 5.39. The van der Waals surface area contributed by atoms with E-state index in [4.69, 9.17) is 0 Å². The number of aryl methyl sites for hydroxylation is 1. The molecule has 1 heterocycles. The van der Waals surface area contributed by atoms with Gasteiger partial charge in [0.15, 0.2) is 0 Å². The largest absolute Gasteiger partial charge is 0.271 e. The van der Waals surface area contributed by atoms with Gasteiger partial charge in [0.05, 0.1) is 23.9 Å². The highest BCUT2D eigenvalue weighted by Crippen LogP contribution is 2.23. The van der Waals surface area contributed by atoms with Gasteiger partial charge in [-0.15, -0.1) is 0 Å². The van der Waals surface area contributed by atoms with E-state index in [1.54, 1.807) is 36.5 Å². The van der Waals surface area contributed by atoms with Crippen LogP contribution in [0, 0.1) is 0 Å². The first-order chi connectivity index (χ1) is 11.9. The lowest BCUT2D eigenvalue weighted by Gasteiger charge is -2.23. The van der Waals surface area contributed by atoms with Crippen molar-refractivity contribution in [2.24, 2.45) is 5.10 Å². The molecule has 132 valence electrons. The number of hydrazone groups is 1. The highest BCUT2D eigenvalue weighted by Gasteiger charge is 2.22. The van der Waals surface area contributed by atoms with Gasteiger partial charge in [0.1, 0.15) is 6.54 Å². The zero-order chi connectivity index (χ0) is 18.3. The Morgan fingerprint density at radius 3 is 2.60 bits per heavy atom. The first-order valence-electron chi connectivity index (χ1n) is 7.70. The van der Waals surface area contributed by atoms with Gasteiger partial charge in [-0.25, -0.2) is 13.8 Å². The highest BCUT2D eigenvalue weighted by atomic mass is 32.2. The summed E-state index contributed by atoms with van der Waals surface area (Å²) in [6.07, 6.45) is 4.73. The predicted octanol–water partition coefficient (Wildman–Crippen LogP) is 1.56. The summed E-state index contributed by atoms with van der Waals surface area (Å²) in [4.78, 5) is 16.2. The standard InChI is InChI=1S/C17H20N4O3S/c1-3-14-8-4-5-10-16(14)21(25(2,23)24)13-17(22)20-19-12-15-9-6-7-11-18-15/h4-12H,3,13H2,1-2H3,(H,20,22)/b19-12-.